The van der Waals surface area contributed by atoms with E-state index in [2.05, 4.69) is 46.7 Å². The molecule has 0 fully saturated rings. The fourth-order valence-electron chi connectivity index (χ4n) is 3.79. The topological polar surface area (TPSA) is 66.5 Å². The van der Waals surface area contributed by atoms with E-state index in [0.29, 0.717) is 5.56 Å². The van der Waals surface area contributed by atoms with E-state index in [-0.39, 0.29) is 11.9 Å². The van der Waals surface area contributed by atoms with E-state index in [4.69, 9.17) is 4.74 Å². The molecule has 168 valence electrons. The second kappa shape index (κ2) is 10.1. The van der Waals surface area contributed by atoms with E-state index >= 15 is 0 Å². The zero-order chi connectivity index (χ0) is 23.2. The number of amides is 1. The molecule has 6 heteroatoms. The lowest BCUT2D eigenvalue weighted by molar-refractivity contribution is 0.102. The molecule has 0 aliphatic heterocycles. The van der Waals surface area contributed by atoms with Crippen molar-refractivity contribution < 1.29 is 9.53 Å². The number of hydrogen-bond acceptors (Lipinski definition) is 5. The smallest absolute Gasteiger partial charge is 0.255 e. The molecule has 0 saturated heterocycles. The van der Waals surface area contributed by atoms with Crippen molar-refractivity contribution in [2.24, 2.45) is 0 Å². The summed E-state index contributed by atoms with van der Waals surface area (Å²) in [6, 6.07) is 25.1. The van der Waals surface area contributed by atoms with Crippen LogP contribution < -0.4 is 15.4 Å². The van der Waals surface area contributed by atoms with Crippen molar-refractivity contribution in [2.45, 2.75) is 6.04 Å². The molecular formula is C27H28N4O2. The molecule has 4 rings (SSSR count). The number of likely N-dealkylation sites (N-methyl/N-ethyl adjacent to an activating group) is 1. The molecule has 1 aromatic heterocycles. The third-order valence-electron chi connectivity index (χ3n) is 5.43. The van der Waals surface area contributed by atoms with Crippen LogP contribution in [-0.2, 0) is 0 Å². The number of aromatic nitrogens is 1. The van der Waals surface area contributed by atoms with Crippen LogP contribution in [0.25, 0.3) is 10.9 Å². The van der Waals surface area contributed by atoms with Gasteiger partial charge in [0.2, 0.25) is 0 Å². The van der Waals surface area contributed by atoms with Crippen molar-refractivity contribution in [3.63, 3.8) is 0 Å². The number of hydrogen-bond donors (Lipinski definition) is 2. The third kappa shape index (κ3) is 5.48. The molecule has 1 amide bonds. The standard InChI is InChI=1S/C27H28N4O2/c1-31(2)18-26(30-25-15-16-28-24-10-5-4-9-23(24)25)20-7-6-8-21(17-20)29-27(32)19-11-13-22(33-3)14-12-19/h4-17,26H,18H2,1-3H3,(H,28,30)(H,29,32). The number of rotatable bonds is 8. The summed E-state index contributed by atoms with van der Waals surface area (Å²) in [5, 5.41) is 7.77. The number of fused-ring (bicyclic) bond motifs is 1. The molecule has 1 heterocycles. The molecule has 0 saturated carbocycles. The maximum atomic E-state index is 12.7. The molecule has 2 N–H and O–H groups in total. The first-order chi connectivity index (χ1) is 16.0. The van der Waals surface area contributed by atoms with Gasteiger partial charge in [-0.1, -0.05) is 30.3 Å². The van der Waals surface area contributed by atoms with E-state index in [1.54, 1.807) is 31.4 Å². The number of carbonyl (C=O) groups is 1. The second-order valence-electron chi connectivity index (χ2n) is 8.14. The van der Waals surface area contributed by atoms with E-state index in [1.165, 1.54) is 0 Å². The summed E-state index contributed by atoms with van der Waals surface area (Å²) in [4.78, 5) is 19.3. The van der Waals surface area contributed by atoms with Crippen molar-refractivity contribution >= 4 is 28.2 Å². The Morgan fingerprint density at radius 3 is 2.55 bits per heavy atom. The summed E-state index contributed by atoms with van der Waals surface area (Å²) in [5.74, 6) is 0.557. The number of methoxy groups -OCH3 is 1. The minimum Gasteiger partial charge on any atom is -0.497 e. The molecule has 0 spiro atoms. The van der Waals surface area contributed by atoms with Crippen LogP contribution in [0.2, 0.25) is 0 Å². The van der Waals surface area contributed by atoms with Gasteiger partial charge >= 0.3 is 0 Å². The van der Waals surface area contributed by atoms with Crippen LogP contribution in [-0.4, -0.2) is 43.5 Å². The van der Waals surface area contributed by atoms with Gasteiger partial charge in [-0.05, 0) is 68.2 Å². The number of nitrogens with zero attached hydrogens (tertiary/aromatic N) is 2. The average Bonchev–Trinajstić information content (AvgIpc) is 2.84. The van der Waals surface area contributed by atoms with Crippen LogP contribution in [0.15, 0.2) is 85.1 Å². The first-order valence-corrected chi connectivity index (χ1v) is 10.8. The molecule has 0 radical (unpaired) electrons. The summed E-state index contributed by atoms with van der Waals surface area (Å²) < 4.78 is 5.17. The van der Waals surface area contributed by atoms with E-state index < -0.39 is 0 Å². The van der Waals surface area contributed by atoms with Gasteiger partial charge < -0.3 is 20.3 Å². The van der Waals surface area contributed by atoms with Gasteiger partial charge in [-0.2, -0.15) is 0 Å². The Morgan fingerprint density at radius 2 is 1.79 bits per heavy atom. The summed E-state index contributed by atoms with van der Waals surface area (Å²) in [5.41, 5.74) is 4.38. The van der Waals surface area contributed by atoms with Crippen molar-refractivity contribution in [2.75, 3.05) is 38.4 Å². The molecular weight excluding hydrogens is 412 g/mol. The number of para-hydroxylation sites is 1. The Morgan fingerprint density at radius 1 is 1.00 bits per heavy atom. The quantitative estimate of drug-likeness (QED) is 0.394. The van der Waals surface area contributed by atoms with Gasteiger partial charge in [0.25, 0.3) is 5.91 Å². The molecule has 33 heavy (non-hydrogen) atoms. The van der Waals surface area contributed by atoms with Gasteiger partial charge in [0.1, 0.15) is 5.75 Å². The normalized spacial score (nSPS) is 11.9. The van der Waals surface area contributed by atoms with Crippen LogP contribution in [0.3, 0.4) is 0 Å². The Hall–Kier alpha value is -3.90. The largest absolute Gasteiger partial charge is 0.497 e. The van der Waals surface area contributed by atoms with Gasteiger partial charge in [0, 0.05) is 35.1 Å². The highest BCUT2D eigenvalue weighted by molar-refractivity contribution is 6.04. The molecule has 1 atom stereocenters. The molecule has 3 aromatic carbocycles. The molecule has 0 aliphatic rings. The molecule has 1 unspecified atom stereocenters. The van der Waals surface area contributed by atoms with Crippen LogP contribution in [0.4, 0.5) is 11.4 Å². The van der Waals surface area contributed by atoms with Gasteiger partial charge in [-0.3, -0.25) is 9.78 Å². The Balaban J connectivity index is 1.58. The summed E-state index contributed by atoms with van der Waals surface area (Å²) in [7, 11) is 5.71. The third-order valence-corrected chi connectivity index (χ3v) is 5.43. The van der Waals surface area contributed by atoms with Gasteiger partial charge in [0.05, 0.1) is 18.7 Å². The maximum absolute atomic E-state index is 12.7. The fourth-order valence-corrected chi connectivity index (χ4v) is 3.79. The highest BCUT2D eigenvalue weighted by Gasteiger charge is 2.16. The Labute approximate surface area is 194 Å². The van der Waals surface area contributed by atoms with Crippen molar-refractivity contribution in [3.05, 3.63) is 96.2 Å². The first-order valence-electron chi connectivity index (χ1n) is 10.8. The molecule has 6 nitrogen and oxygen atoms in total. The van der Waals surface area contributed by atoms with Gasteiger partial charge in [-0.15, -0.1) is 0 Å². The minimum atomic E-state index is -0.160. The summed E-state index contributed by atoms with van der Waals surface area (Å²) >= 11 is 0. The van der Waals surface area contributed by atoms with Crippen molar-refractivity contribution in [1.29, 1.82) is 0 Å². The van der Waals surface area contributed by atoms with Gasteiger partial charge in [0.15, 0.2) is 0 Å². The second-order valence-corrected chi connectivity index (χ2v) is 8.14. The van der Waals surface area contributed by atoms with Crippen molar-refractivity contribution in [1.82, 2.24) is 9.88 Å². The number of anilines is 2. The lowest BCUT2D eigenvalue weighted by Gasteiger charge is -2.25. The van der Waals surface area contributed by atoms with Gasteiger partial charge in [-0.25, -0.2) is 0 Å². The summed E-state index contributed by atoms with van der Waals surface area (Å²) in [6.07, 6.45) is 1.82. The fraction of sp³-hybridized carbons (Fsp3) is 0.185. The minimum absolute atomic E-state index is 0.0173. The van der Waals surface area contributed by atoms with Crippen LogP contribution in [0.5, 0.6) is 5.75 Å². The maximum Gasteiger partial charge on any atom is 0.255 e. The predicted octanol–water partition coefficient (Wildman–Crippen LogP) is 5.21. The average molecular weight is 441 g/mol. The number of carbonyl (C=O) groups excluding carboxylic acids is 1. The van der Waals surface area contributed by atoms with Crippen LogP contribution in [0.1, 0.15) is 22.0 Å². The monoisotopic (exact) mass is 440 g/mol. The lowest BCUT2D eigenvalue weighted by atomic mass is 10.0. The number of nitrogens with one attached hydrogen (secondary N) is 2. The number of pyridine rings is 1. The molecule has 4 aromatic rings. The van der Waals surface area contributed by atoms with Crippen LogP contribution in [0, 0.1) is 0 Å². The highest BCUT2D eigenvalue weighted by Crippen LogP contribution is 2.27. The van der Waals surface area contributed by atoms with E-state index in [0.717, 1.165) is 40.1 Å². The predicted molar refractivity (Wildman–Crippen MR) is 134 cm³/mol. The first kappa shape index (κ1) is 22.3. The van der Waals surface area contributed by atoms with Crippen molar-refractivity contribution in [3.8, 4) is 5.75 Å². The van der Waals surface area contributed by atoms with Crippen LogP contribution >= 0.6 is 0 Å². The van der Waals surface area contributed by atoms with E-state index in [9.17, 15) is 4.79 Å². The lowest BCUT2D eigenvalue weighted by Crippen LogP contribution is -2.26. The SMILES string of the molecule is COc1ccc(C(=O)Nc2cccc(C(CN(C)C)Nc3ccnc4ccccc34)c2)cc1. The Bertz CT molecular complexity index is 1230. The zero-order valence-corrected chi connectivity index (χ0v) is 19.1. The number of benzene rings is 3. The highest BCUT2D eigenvalue weighted by atomic mass is 16.5. The Kier molecular flexibility index (Phi) is 6.86. The summed E-state index contributed by atoms with van der Waals surface area (Å²) in [6.45, 7) is 0.784. The molecule has 0 aliphatic carbocycles. The zero-order valence-electron chi connectivity index (χ0n) is 19.1. The van der Waals surface area contributed by atoms with E-state index in [1.807, 2.05) is 48.7 Å². The molecule has 0 bridgehead atoms. The number of ether oxygens (including phenoxy) is 1.